The van der Waals surface area contributed by atoms with Crippen molar-refractivity contribution in [1.29, 1.82) is 0 Å². The molecule has 7 nitrogen and oxygen atoms in total. The molecule has 1 aromatic heterocycles. The number of nitrogens with zero attached hydrogens (tertiary/aromatic N) is 3. The molecule has 0 amide bonds. The highest BCUT2D eigenvalue weighted by Crippen LogP contribution is 2.24. The first-order valence-electron chi connectivity index (χ1n) is 7.55. The molecule has 0 unspecified atom stereocenters. The monoisotopic (exact) mass is 402 g/mol. The van der Waals surface area contributed by atoms with Crippen molar-refractivity contribution < 1.29 is 13.2 Å². The van der Waals surface area contributed by atoms with Gasteiger partial charge in [-0.3, -0.25) is 0 Å². The minimum atomic E-state index is -3.83. The van der Waals surface area contributed by atoms with Crippen LogP contribution >= 0.6 is 23.2 Å². The van der Waals surface area contributed by atoms with Gasteiger partial charge in [-0.1, -0.05) is 23.2 Å². The van der Waals surface area contributed by atoms with Crippen molar-refractivity contribution in [2.75, 3.05) is 31.2 Å². The van der Waals surface area contributed by atoms with Gasteiger partial charge in [0.2, 0.25) is 10.0 Å². The van der Waals surface area contributed by atoms with Gasteiger partial charge in [-0.25, -0.2) is 23.1 Å². The fourth-order valence-corrected chi connectivity index (χ4v) is 4.10. The molecule has 0 radical (unpaired) electrons. The number of anilines is 1. The fourth-order valence-electron chi connectivity index (χ4n) is 2.36. The van der Waals surface area contributed by atoms with E-state index in [9.17, 15) is 8.42 Å². The SMILES string of the molecule is O=S(=O)(NCc1nccc(N2CCOCC2)n1)c1cc(Cl)ccc1Cl. The number of benzene rings is 1. The van der Waals surface area contributed by atoms with Gasteiger partial charge in [0.25, 0.3) is 0 Å². The van der Waals surface area contributed by atoms with Crippen LogP contribution in [0.25, 0.3) is 0 Å². The van der Waals surface area contributed by atoms with Crippen molar-refractivity contribution in [3.63, 3.8) is 0 Å². The van der Waals surface area contributed by atoms with E-state index in [2.05, 4.69) is 19.6 Å². The van der Waals surface area contributed by atoms with Crippen molar-refractivity contribution >= 4 is 39.0 Å². The molecule has 0 atom stereocenters. The van der Waals surface area contributed by atoms with Crippen LogP contribution in [0.2, 0.25) is 10.0 Å². The van der Waals surface area contributed by atoms with Gasteiger partial charge in [-0.05, 0) is 24.3 Å². The van der Waals surface area contributed by atoms with Crippen molar-refractivity contribution in [1.82, 2.24) is 14.7 Å². The number of nitrogens with one attached hydrogen (secondary N) is 1. The third-order valence-electron chi connectivity index (χ3n) is 3.63. The van der Waals surface area contributed by atoms with Crippen LogP contribution in [0.1, 0.15) is 5.82 Å². The summed E-state index contributed by atoms with van der Waals surface area (Å²) in [5.41, 5.74) is 0. The molecule has 10 heteroatoms. The van der Waals surface area contributed by atoms with E-state index in [1.165, 1.54) is 18.2 Å². The van der Waals surface area contributed by atoms with Crippen molar-refractivity contribution in [2.45, 2.75) is 11.4 Å². The zero-order chi connectivity index (χ0) is 17.9. The summed E-state index contributed by atoms with van der Waals surface area (Å²) in [6, 6.07) is 6.06. The van der Waals surface area contributed by atoms with Crippen molar-refractivity contribution in [2.24, 2.45) is 0 Å². The Labute approximate surface area is 156 Å². The summed E-state index contributed by atoms with van der Waals surface area (Å²) < 4.78 is 32.6. The Morgan fingerprint density at radius 1 is 1.20 bits per heavy atom. The number of rotatable bonds is 5. The summed E-state index contributed by atoms with van der Waals surface area (Å²) in [4.78, 5) is 10.5. The molecule has 0 bridgehead atoms. The van der Waals surface area contributed by atoms with Gasteiger partial charge in [0.1, 0.15) is 16.5 Å². The number of aromatic nitrogens is 2. The summed E-state index contributed by atoms with van der Waals surface area (Å²) in [7, 11) is -3.83. The number of hydrogen-bond acceptors (Lipinski definition) is 6. The molecular weight excluding hydrogens is 387 g/mol. The van der Waals surface area contributed by atoms with Gasteiger partial charge >= 0.3 is 0 Å². The molecule has 2 aromatic rings. The van der Waals surface area contributed by atoms with E-state index < -0.39 is 10.0 Å². The van der Waals surface area contributed by atoms with E-state index in [0.717, 1.165) is 18.9 Å². The highest BCUT2D eigenvalue weighted by atomic mass is 35.5. The van der Waals surface area contributed by atoms with Crippen LogP contribution in [0, 0.1) is 0 Å². The Balaban J connectivity index is 1.73. The van der Waals surface area contributed by atoms with Crippen LogP contribution in [-0.2, 0) is 21.3 Å². The summed E-state index contributed by atoms with van der Waals surface area (Å²) in [5, 5.41) is 0.384. The zero-order valence-electron chi connectivity index (χ0n) is 13.2. The lowest BCUT2D eigenvalue weighted by atomic mass is 10.4. The van der Waals surface area contributed by atoms with E-state index in [1.54, 1.807) is 12.3 Å². The van der Waals surface area contributed by atoms with E-state index in [-0.39, 0.29) is 21.5 Å². The highest BCUT2D eigenvalue weighted by Gasteiger charge is 2.19. The van der Waals surface area contributed by atoms with Crippen LogP contribution in [0.15, 0.2) is 35.4 Å². The molecule has 3 rings (SSSR count). The normalized spacial score (nSPS) is 15.4. The van der Waals surface area contributed by atoms with Gasteiger partial charge in [0.05, 0.1) is 24.8 Å². The maximum atomic E-state index is 12.4. The average Bonchev–Trinajstić information content (AvgIpc) is 2.63. The second-order valence-corrected chi connectivity index (χ2v) is 7.91. The van der Waals surface area contributed by atoms with Crippen LogP contribution in [0.4, 0.5) is 5.82 Å². The number of hydrogen-bond donors (Lipinski definition) is 1. The highest BCUT2D eigenvalue weighted by molar-refractivity contribution is 7.89. The number of morpholine rings is 1. The standard InChI is InChI=1S/C15H16Cl2N4O3S/c16-11-1-2-12(17)13(9-11)25(22,23)19-10-14-18-4-3-15(20-14)21-5-7-24-8-6-21/h1-4,9,19H,5-8,10H2. The predicted molar refractivity (Wildman–Crippen MR) is 95.6 cm³/mol. The van der Waals surface area contributed by atoms with E-state index >= 15 is 0 Å². The average molecular weight is 403 g/mol. The van der Waals surface area contributed by atoms with Crippen molar-refractivity contribution in [3.8, 4) is 0 Å². The van der Waals surface area contributed by atoms with E-state index in [4.69, 9.17) is 27.9 Å². The minimum Gasteiger partial charge on any atom is -0.378 e. The van der Waals surface area contributed by atoms with Crippen LogP contribution in [-0.4, -0.2) is 44.7 Å². The first kappa shape index (κ1) is 18.3. The number of ether oxygens (including phenoxy) is 1. The maximum Gasteiger partial charge on any atom is 0.242 e. The molecule has 1 saturated heterocycles. The number of sulfonamides is 1. The molecule has 0 aliphatic carbocycles. The van der Waals surface area contributed by atoms with Crippen molar-refractivity contribution in [3.05, 3.63) is 46.3 Å². The van der Waals surface area contributed by atoms with Gasteiger partial charge in [-0.15, -0.1) is 0 Å². The lowest BCUT2D eigenvalue weighted by molar-refractivity contribution is 0.122. The largest absolute Gasteiger partial charge is 0.378 e. The number of halogens is 2. The fraction of sp³-hybridized carbons (Fsp3) is 0.333. The molecule has 2 heterocycles. The maximum absolute atomic E-state index is 12.4. The quantitative estimate of drug-likeness (QED) is 0.823. The molecule has 1 N–H and O–H groups in total. The van der Waals surface area contributed by atoms with Crippen LogP contribution in [0.5, 0.6) is 0 Å². The molecule has 1 aliphatic rings. The Bertz CT molecular complexity index is 858. The van der Waals surface area contributed by atoms with Gasteiger partial charge in [-0.2, -0.15) is 0 Å². The molecule has 0 spiro atoms. The van der Waals surface area contributed by atoms with Gasteiger partial charge < -0.3 is 9.64 Å². The molecular formula is C15H16Cl2N4O3S. The molecule has 1 aliphatic heterocycles. The summed E-state index contributed by atoms with van der Waals surface area (Å²) >= 11 is 11.8. The smallest absolute Gasteiger partial charge is 0.242 e. The lowest BCUT2D eigenvalue weighted by Gasteiger charge is -2.27. The molecule has 0 saturated carbocycles. The Morgan fingerprint density at radius 3 is 2.72 bits per heavy atom. The minimum absolute atomic E-state index is 0.0522. The summed E-state index contributed by atoms with van der Waals surface area (Å²) in [6.45, 7) is 2.70. The third kappa shape index (κ3) is 4.59. The Kier molecular flexibility index (Phi) is 5.75. The first-order chi connectivity index (χ1) is 12.0. The molecule has 1 fully saturated rings. The topological polar surface area (TPSA) is 84.4 Å². The summed E-state index contributed by atoms with van der Waals surface area (Å²) in [6.07, 6.45) is 1.60. The molecule has 25 heavy (non-hydrogen) atoms. The Hall–Kier alpha value is -1.45. The van der Waals surface area contributed by atoms with Gasteiger partial charge in [0.15, 0.2) is 0 Å². The van der Waals surface area contributed by atoms with E-state index in [0.29, 0.717) is 19.0 Å². The second-order valence-electron chi connectivity index (χ2n) is 5.33. The second kappa shape index (κ2) is 7.84. The molecule has 1 aromatic carbocycles. The van der Waals surface area contributed by atoms with Gasteiger partial charge in [0, 0.05) is 24.3 Å². The Morgan fingerprint density at radius 2 is 1.96 bits per heavy atom. The van der Waals surface area contributed by atoms with E-state index in [1.807, 2.05) is 0 Å². The summed E-state index contributed by atoms with van der Waals surface area (Å²) in [5.74, 6) is 1.11. The lowest BCUT2D eigenvalue weighted by Crippen LogP contribution is -2.37. The zero-order valence-corrected chi connectivity index (χ0v) is 15.5. The van der Waals surface area contributed by atoms with Crippen LogP contribution in [0.3, 0.4) is 0 Å². The predicted octanol–water partition coefficient (Wildman–Crippen LogP) is 2.10. The third-order valence-corrected chi connectivity index (χ3v) is 5.75. The molecule has 134 valence electrons. The first-order valence-corrected chi connectivity index (χ1v) is 9.79. The van der Waals surface area contributed by atoms with Crippen LogP contribution < -0.4 is 9.62 Å².